The fourth-order valence-corrected chi connectivity index (χ4v) is 4.23. The van der Waals surface area contributed by atoms with Crippen molar-refractivity contribution in [1.29, 1.82) is 0 Å². The average molecular weight is 488 g/mol. The van der Waals surface area contributed by atoms with E-state index in [1.807, 2.05) is 57.2 Å². The van der Waals surface area contributed by atoms with Crippen molar-refractivity contribution in [2.24, 2.45) is 0 Å². The Labute approximate surface area is 212 Å². The molecule has 0 unspecified atom stereocenters. The summed E-state index contributed by atoms with van der Waals surface area (Å²) >= 11 is 0. The Balaban J connectivity index is 1.54. The van der Waals surface area contributed by atoms with Gasteiger partial charge in [0, 0.05) is 36.3 Å². The standard InChI is InChI=1S/C29H33N3O4/c1-29(2,3)36-28(33)32-14-12-21(13-15-32)24-17-20(10-11-27(24)35-5)16-22-18-25(31-19-30-22)23-8-6-7-9-26(23)34-4/h6-12,17-19H,13-16H2,1-5H3. The average Bonchev–Trinajstić information content (AvgIpc) is 2.88. The van der Waals surface area contributed by atoms with Gasteiger partial charge in [-0.05, 0) is 68.7 Å². The first-order chi connectivity index (χ1) is 17.3. The van der Waals surface area contributed by atoms with E-state index in [4.69, 9.17) is 14.2 Å². The van der Waals surface area contributed by atoms with Gasteiger partial charge in [0.15, 0.2) is 0 Å². The van der Waals surface area contributed by atoms with Gasteiger partial charge in [-0.15, -0.1) is 0 Å². The SMILES string of the molecule is COc1ccc(Cc2cc(-c3ccccc3OC)ncn2)cc1C1=CCN(C(=O)OC(C)(C)C)CC1. The number of methoxy groups -OCH3 is 2. The summed E-state index contributed by atoms with van der Waals surface area (Å²) in [6.07, 6.45) is 4.77. The number of hydrogen-bond acceptors (Lipinski definition) is 6. The van der Waals surface area contributed by atoms with Gasteiger partial charge in [0.2, 0.25) is 0 Å². The predicted octanol–water partition coefficient (Wildman–Crippen LogP) is 5.78. The lowest BCUT2D eigenvalue weighted by Gasteiger charge is -2.30. The third-order valence-electron chi connectivity index (χ3n) is 5.96. The fourth-order valence-electron chi connectivity index (χ4n) is 4.23. The number of benzene rings is 2. The van der Waals surface area contributed by atoms with Gasteiger partial charge < -0.3 is 19.1 Å². The van der Waals surface area contributed by atoms with Crippen LogP contribution < -0.4 is 9.47 Å². The van der Waals surface area contributed by atoms with E-state index in [9.17, 15) is 4.79 Å². The molecule has 1 aromatic heterocycles. The second-order valence-corrected chi connectivity index (χ2v) is 9.71. The molecule has 0 saturated heterocycles. The maximum Gasteiger partial charge on any atom is 0.410 e. The highest BCUT2D eigenvalue weighted by Crippen LogP contribution is 2.33. The highest BCUT2D eigenvalue weighted by molar-refractivity contribution is 5.75. The number of rotatable bonds is 6. The lowest BCUT2D eigenvalue weighted by molar-refractivity contribution is 0.0270. The minimum Gasteiger partial charge on any atom is -0.496 e. The number of para-hydroxylation sites is 1. The van der Waals surface area contributed by atoms with Crippen molar-refractivity contribution in [3.63, 3.8) is 0 Å². The molecule has 7 heteroatoms. The third kappa shape index (κ3) is 6.03. The number of nitrogens with zero attached hydrogens (tertiary/aromatic N) is 3. The van der Waals surface area contributed by atoms with Crippen LogP contribution in [0.15, 0.2) is 60.9 Å². The molecule has 0 atom stereocenters. The first kappa shape index (κ1) is 25.2. The summed E-state index contributed by atoms with van der Waals surface area (Å²) in [6.45, 7) is 6.74. The van der Waals surface area contributed by atoms with Gasteiger partial charge >= 0.3 is 6.09 Å². The van der Waals surface area contributed by atoms with Gasteiger partial charge in [-0.1, -0.05) is 24.3 Å². The van der Waals surface area contributed by atoms with Crippen molar-refractivity contribution in [3.8, 4) is 22.8 Å². The van der Waals surface area contributed by atoms with Crippen LogP contribution in [0.3, 0.4) is 0 Å². The molecule has 0 spiro atoms. The van der Waals surface area contributed by atoms with Gasteiger partial charge in [0.1, 0.15) is 23.4 Å². The molecule has 1 amide bonds. The first-order valence-corrected chi connectivity index (χ1v) is 12.1. The lowest BCUT2D eigenvalue weighted by Crippen LogP contribution is -2.39. The smallest absolute Gasteiger partial charge is 0.410 e. The van der Waals surface area contributed by atoms with Crippen LogP contribution >= 0.6 is 0 Å². The summed E-state index contributed by atoms with van der Waals surface area (Å²) in [6, 6.07) is 16.0. The topological polar surface area (TPSA) is 73.8 Å². The molecule has 36 heavy (non-hydrogen) atoms. The maximum atomic E-state index is 12.4. The number of carbonyl (C=O) groups is 1. The molecule has 0 fully saturated rings. The molecule has 0 aliphatic carbocycles. The zero-order valence-electron chi connectivity index (χ0n) is 21.6. The zero-order chi connectivity index (χ0) is 25.7. The van der Waals surface area contributed by atoms with Crippen molar-refractivity contribution < 1.29 is 19.0 Å². The third-order valence-corrected chi connectivity index (χ3v) is 5.96. The molecule has 2 heterocycles. The largest absolute Gasteiger partial charge is 0.496 e. The Hall–Kier alpha value is -3.87. The number of ether oxygens (including phenoxy) is 3. The molecule has 0 radical (unpaired) electrons. The van der Waals surface area contributed by atoms with Gasteiger partial charge in [0.05, 0.1) is 19.9 Å². The van der Waals surface area contributed by atoms with Crippen molar-refractivity contribution in [3.05, 3.63) is 77.8 Å². The van der Waals surface area contributed by atoms with Crippen LogP contribution in [0.25, 0.3) is 16.8 Å². The number of hydrogen-bond donors (Lipinski definition) is 0. The van der Waals surface area contributed by atoms with Gasteiger partial charge in [-0.3, -0.25) is 0 Å². The van der Waals surface area contributed by atoms with Gasteiger partial charge in [0.25, 0.3) is 0 Å². The van der Waals surface area contributed by atoms with Crippen molar-refractivity contribution in [1.82, 2.24) is 14.9 Å². The number of carbonyl (C=O) groups excluding carboxylic acids is 1. The van der Waals surface area contributed by atoms with Gasteiger partial charge in [-0.2, -0.15) is 0 Å². The minimum atomic E-state index is -0.509. The van der Waals surface area contributed by atoms with E-state index in [1.54, 1.807) is 25.4 Å². The van der Waals surface area contributed by atoms with E-state index in [0.29, 0.717) is 19.5 Å². The summed E-state index contributed by atoms with van der Waals surface area (Å²) in [7, 11) is 3.34. The van der Waals surface area contributed by atoms with Crippen LogP contribution in [0.1, 0.15) is 44.0 Å². The van der Waals surface area contributed by atoms with E-state index in [2.05, 4.69) is 28.2 Å². The lowest BCUT2D eigenvalue weighted by atomic mass is 9.95. The molecule has 4 rings (SSSR count). The highest BCUT2D eigenvalue weighted by atomic mass is 16.6. The maximum absolute atomic E-state index is 12.4. The first-order valence-electron chi connectivity index (χ1n) is 12.1. The van der Waals surface area contributed by atoms with Crippen molar-refractivity contribution >= 4 is 11.7 Å². The quantitative estimate of drug-likeness (QED) is 0.439. The molecule has 0 saturated carbocycles. The molecule has 1 aliphatic heterocycles. The summed E-state index contributed by atoms with van der Waals surface area (Å²) in [5.74, 6) is 1.59. The molecule has 2 aromatic carbocycles. The molecule has 0 bridgehead atoms. The Morgan fingerprint density at radius 1 is 0.972 bits per heavy atom. The molecule has 7 nitrogen and oxygen atoms in total. The van der Waals surface area contributed by atoms with Crippen LogP contribution in [-0.4, -0.2) is 53.9 Å². The van der Waals surface area contributed by atoms with Gasteiger partial charge in [-0.25, -0.2) is 14.8 Å². The monoisotopic (exact) mass is 487 g/mol. The van der Waals surface area contributed by atoms with Crippen LogP contribution in [0, 0.1) is 0 Å². The van der Waals surface area contributed by atoms with Crippen molar-refractivity contribution in [2.75, 3.05) is 27.3 Å². The molecule has 0 N–H and O–H groups in total. The zero-order valence-corrected chi connectivity index (χ0v) is 21.6. The summed E-state index contributed by atoms with van der Waals surface area (Å²) < 4.78 is 16.7. The Bertz CT molecular complexity index is 1260. The van der Waals surface area contributed by atoms with Crippen LogP contribution in [0.2, 0.25) is 0 Å². The van der Waals surface area contributed by atoms with Crippen LogP contribution in [0.4, 0.5) is 4.79 Å². The Morgan fingerprint density at radius 2 is 1.72 bits per heavy atom. The Kier molecular flexibility index (Phi) is 7.58. The summed E-state index contributed by atoms with van der Waals surface area (Å²) in [5, 5.41) is 0. The molecule has 188 valence electrons. The second kappa shape index (κ2) is 10.8. The molecular weight excluding hydrogens is 454 g/mol. The van der Waals surface area contributed by atoms with Crippen LogP contribution in [0.5, 0.6) is 11.5 Å². The molecule has 3 aromatic rings. The van der Waals surface area contributed by atoms with E-state index < -0.39 is 5.60 Å². The highest BCUT2D eigenvalue weighted by Gasteiger charge is 2.24. The molecule has 1 aliphatic rings. The predicted molar refractivity (Wildman–Crippen MR) is 140 cm³/mol. The van der Waals surface area contributed by atoms with E-state index in [0.717, 1.165) is 51.6 Å². The van der Waals surface area contributed by atoms with E-state index in [-0.39, 0.29) is 6.09 Å². The fraction of sp³-hybridized carbons (Fsp3) is 0.345. The Morgan fingerprint density at radius 3 is 2.42 bits per heavy atom. The number of amides is 1. The van der Waals surface area contributed by atoms with E-state index in [1.165, 1.54) is 0 Å². The summed E-state index contributed by atoms with van der Waals surface area (Å²) in [5.41, 5.74) is 5.47. The molecular formula is C29H33N3O4. The normalized spacial score (nSPS) is 13.7. The summed E-state index contributed by atoms with van der Waals surface area (Å²) in [4.78, 5) is 23.1. The minimum absolute atomic E-state index is 0.284. The number of aromatic nitrogens is 2. The second-order valence-electron chi connectivity index (χ2n) is 9.71. The van der Waals surface area contributed by atoms with Crippen LogP contribution in [-0.2, 0) is 11.2 Å². The van der Waals surface area contributed by atoms with E-state index >= 15 is 0 Å². The van der Waals surface area contributed by atoms with Crippen molar-refractivity contribution in [2.45, 2.75) is 39.2 Å².